The average Bonchev–Trinajstić information content (AvgIpc) is 2.57. The van der Waals surface area contributed by atoms with Crippen LogP contribution in [0.25, 0.3) is 0 Å². The molecule has 5 N–H and O–H groups in total. The minimum absolute atomic E-state index is 0.142. The molecular weight excluding hydrogens is 205 g/mol. The van der Waals surface area contributed by atoms with Gasteiger partial charge in [0.2, 0.25) is 0 Å². The van der Waals surface area contributed by atoms with Crippen LogP contribution in [0.4, 0.5) is 5.82 Å². The quantitative estimate of drug-likeness (QED) is 0.279. The number of hydrogen-bond donors (Lipinski definition) is 3. The third kappa shape index (κ3) is 2.47. The lowest BCUT2D eigenvalue weighted by Crippen LogP contribution is -2.14. The van der Waals surface area contributed by atoms with Gasteiger partial charge in [0.05, 0.1) is 7.11 Å². The summed E-state index contributed by atoms with van der Waals surface area (Å²) in [5.74, 6) is 0.247. The number of anilines is 1. The molecule has 0 amide bonds. The van der Waals surface area contributed by atoms with Crippen LogP contribution in [0.2, 0.25) is 13.1 Å². The number of methoxy groups -OCH3 is 1. The predicted molar refractivity (Wildman–Crippen MR) is 65.2 cm³/mol. The molecule has 0 aliphatic heterocycles. The van der Waals surface area contributed by atoms with Crippen molar-refractivity contribution in [3.05, 3.63) is 5.69 Å². The van der Waals surface area contributed by atoms with E-state index in [0.29, 0.717) is 18.4 Å². The highest BCUT2D eigenvalue weighted by molar-refractivity contribution is 6.33. The highest BCUT2D eigenvalue weighted by Crippen LogP contribution is 2.20. The van der Waals surface area contributed by atoms with E-state index in [1.54, 1.807) is 4.57 Å². The molecule has 0 atom stereocenters. The van der Waals surface area contributed by atoms with Crippen LogP contribution in [-0.4, -0.2) is 29.8 Å². The smallest absolute Gasteiger partial charge is 0.298 e. The summed E-state index contributed by atoms with van der Waals surface area (Å²) < 4.78 is 6.83. The van der Waals surface area contributed by atoms with Crippen molar-refractivity contribution in [1.82, 2.24) is 9.55 Å². The first-order valence-electron chi connectivity index (χ1n) is 5.14. The summed E-state index contributed by atoms with van der Waals surface area (Å²) in [5, 5.41) is 7.33. The topological polar surface area (TPSA) is 103 Å². The van der Waals surface area contributed by atoms with E-state index in [-0.39, 0.29) is 11.5 Å². The Morgan fingerprint density at radius 1 is 1.62 bits per heavy atom. The molecule has 0 aliphatic carbocycles. The number of amidine groups is 1. The minimum Gasteiger partial charge on any atom is -0.468 e. The number of ether oxygens (including phenoxy) is 1. The SMILES string of the molecule is C[B]CCCn1c(OC)nc(C(=N)N)c1N. The number of rotatable bonds is 6. The van der Waals surface area contributed by atoms with Crippen LogP contribution in [-0.2, 0) is 6.54 Å². The normalized spacial score (nSPS) is 10.1. The van der Waals surface area contributed by atoms with Crippen molar-refractivity contribution >= 4 is 18.9 Å². The maximum Gasteiger partial charge on any atom is 0.298 e. The minimum atomic E-state index is -0.142. The first kappa shape index (κ1) is 12.4. The molecule has 0 fully saturated rings. The van der Waals surface area contributed by atoms with E-state index in [4.69, 9.17) is 21.6 Å². The van der Waals surface area contributed by atoms with Crippen LogP contribution in [0.15, 0.2) is 0 Å². The van der Waals surface area contributed by atoms with E-state index in [2.05, 4.69) is 12.3 Å². The van der Waals surface area contributed by atoms with Crippen LogP contribution in [0.3, 0.4) is 0 Å². The van der Waals surface area contributed by atoms with Gasteiger partial charge in [0.25, 0.3) is 6.01 Å². The Hall–Kier alpha value is -1.66. The predicted octanol–water partition coefficient (Wildman–Crippen LogP) is 0.319. The monoisotopic (exact) mass is 222 g/mol. The molecule has 1 radical (unpaired) electrons. The highest BCUT2D eigenvalue weighted by atomic mass is 16.5. The molecule has 7 heteroatoms. The molecule has 6 nitrogen and oxygen atoms in total. The first-order valence-corrected chi connectivity index (χ1v) is 5.14. The molecule has 16 heavy (non-hydrogen) atoms. The molecule has 0 saturated carbocycles. The van der Waals surface area contributed by atoms with E-state index in [1.165, 1.54) is 7.11 Å². The molecule has 0 unspecified atom stereocenters. The van der Waals surface area contributed by atoms with E-state index < -0.39 is 0 Å². The largest absolute Gasteiger partial charge is 0.468 e. The Balaban J connectivity index is 2.92. The Labute approximate surface area is 95.7 Å². The third-order valence-electron chi connectivity index (χ3n) is 2.28. The van der Waals surface area contributed by atoms with Gasteiger partial charge in [-0.1, -0.05) is 13.1 Å². The fraction of sp³-hybridized carbons (Fsp3) is 0.556. The van der Waals surface area contributed by atoms with Crippen LogP contribution >= 0.6 is 0 Å². The zero-order chi connectivity index (χ0) is 12.1. The maximum atomic E-state index is 7.33. The lowest BCUT2D eigenvalue weighted by Gasteiger charge is -2.07. The van der Waals surface area contributed by atoms with Crippen molar-refractivity contribution in [2.45, 2.75) is 26.1 Å². The summed E-state index contributed by atoms with van der Waals surface area (Å²) in [5.41, 5.74) is 11.5. The zero-order valence-electron chi connectivity index (χ0n) is 9.66. The van der Waals surface area contributed by atoms with Crippen LogP contribution in [0.5, 0.6) is 6.01 Å². The summed E-state index contributed by atoms with van der Waals surface area (Å²) in [6, 6.07) is 0.402. The third-order valence-corrected chi connectivity index (χ3v) is 2.28. The van der Waals surface area contributed by atoms with Crippen molar-refractivity contribution < 1.29 is 4.74 Å². The Morgan fingerprint density at radius 2 is 2.31 bits per heavy atom. The van der Waals surface area contributed by atoms with Crippen LogP contribution < -0.4 is 16.2 Å². The second kappa shape index (κ2) is 5.43. The Kier molecular flexibility index (Phi) is 4.22. The molecule has 1 aromatic rings. The molecule has 0 aliphatic rings. The number of nitrogens with two attached hydrogens (primary N) is 2. The van der Waals surface area contributed by atoms with E-state index >= 15 is 0 Å². The number of nitrogens with one attached hydrogen (secondary N) is 1. The summed E-state index contributed by atoms with van der Waals surface area (Å²) in [4.78, 5) is 4.06. The average molecular weight is 222 g/mol. The molecule has 0 aromatic carbocycles. The Bertz CT molecular complexity index is 376. The highest BCUT2D eigenvalue weighted by Gasteiger charge is 2.16. The van der Waals surface area contributed by atoms with Gasteiger partial charge >= 0.3 is 0 Å². The van der Waals surface area contributed by atoms with E-state index in [0.717, 1.165) is 12.7 Å². The molecule has 1 heterocycles. The van der Waals surface area contributed by atoms with Gasteiger partial charge in [0.1, 0.15) is 18.9 Å². The van der Waals surface area contributed by atoms with Gasteiger partial charge in [-0.2, -0.15) is 4.98 Å². The zero-order valence-corrected chi connectivity index (χ0v) is 9.66. The van der Waals surface area contributed by atoms with Gasteiger partial charge in [0.15, 0.2) is 5.69 Å². The fourth-order valence-corrected chi connectivity index (χ4v) is 1.47. The van der Waals surface area contributed by atoms with Gasteiger partial charge < -0.3 is 16.2 Å². The van der Waals surface area contributed by atoms with E-state index in [1.807, 2.05) is 6.82 Å². The molecular formula is C9H17BN5O. The molecule has 0 saturated heterocycles. The molecule has 1 aromatic heterocycles. The molecule has 0 spiro atoms. The van der Waals surface area contributed by atoms with Gasteiger partial charge in [-0.15, -0.1) is 0 Å². The molecule has 87 valence electrons. The summed E-state index contributed by atoms with van der Waals surface area (Å²) in [7, 11) is 3.61. The number of nitrogens with zero attached hydrogens (tertiary/aromatic N) is 2. The molecule has 0 bridgehead atoms. The summed E-state index contributed by atoms with van der Waals surface area (Å²) in [6.45, 7) is 2.72. The summed E-state index contributed by atoms with van der Waals surface area (Å²) >= 11 is 0. The fourth-order valence-electron chi connectivity index (χ4n) is 1.47. The second-order valence-electron chi connectivity index (χ2n) is 3.45. The van der Waals surface area contributed by atoms with Crippen molar-refractivity contribution in [2.24, 2.45) is 5.73 Å². The lowest BCUT2D eigenvalue weighted by atomic mass is 9.77. The van der Waals surface area contributed by atoms with Gasteiger partial charge in [-0.25, -0.2) is 0 Å². The lowest BCUT2D eigenvalue weighted by molar-refractivity contribution is 0.357. The maximum absolute atomic E-state index is 7.33. The first-order chi connectivity index (χ1) is 7.61. The molecule has 1 rings (SSSR count). The van der Waals surface area contributed by atoms with Crippen molar-refractivity contribution in [3.63, 3.8) is 0 Å². The van der Waals surface area contributed by atoms with Crippen molar-refractivity contribution in [3.8, 4) is 6.01 Å². The van der Waals surface area contributed by atoms with Gasteiger partial charge in [0, 0.05) is 6.54 Å². The van der Waals surface area contributed by atoms with Gasteiger partial charge in [-0.05, 0) is 6.42 Å². The summed E-state index contributed by atoms with van der Waals surface area (Å²) in [6.07, 6.45) is 1.95. The number of aromatic nitrogens is 2. The standard InChI is InChI=1S/C9H17BN5O/c1-10-4-3-5-15-8(13)6(7(11)12)14-9(15)16-2/h3-5,13H2,1-2H3,(H3,11,12). The van der Waals surface area contributed by atoms with Crippen LogP contribution in [0, 0.1) is 5.41 Å². The van der Waals surface area contributed by atoms with Crippen LogP contribution in [0.1, 0.15) is 12.1 Å². The number of hydrogen-bond acceptors (Lipinski definition) is 4. The number of nitrogen functional groups attached to an aromatic ring is 2. The Morgan fingerprint density at radius 3 is 2.81 bits per heavy atom. The van der Waals surface area contributed by atoms with Crippen molar-refractivity contribution in [1.29, 1.82) is 5.41 Å². The number of imidazole rings is 1. The van der Waals surface area contributed by atoms with Crippen molar-refractivity contribution in [2.75, 3.05) is 12.8 Å². The van der Waals surface area contributed by atoms with E-state index in [9.17, 15) is 0 Å². The van der Waals surface area contributed by atoms with Gasteiger partial charge in [-0.3, -0.25) is 9.98 Å². The second-order valence-corrected chi connectivity index (χ2v) is 3.45.